The van der Waals surface area contributed by atoms with E-state index in [2.05, 4.69) is 84.4 Å². The molecule has 0 aromatic carbocycles. The van der Waals surface area contributed by atoms with Crippen LogP contribution in [0, 0.1) is 0 Å². The molecule has 1 aromatic heterocycles. The van der Waals surface area contributed by atoms with Gasteiger partial charge in [-0.25, -0.2) is 0 Å². The maximum absolute atomic E-state index is 4.91. The summed E-state index contributed by atoms with van der Waals surface area (Å²) in [7, 11) is 0. The topological polar surface area (TPSA) is 37.0 Å². The molecule has 0 saturated carbocycles. The minimum Gasteiger partial charge on any atom is -0.306 e. The SMILES string of the molecule is CC1(C)CC(c2ccc(C3CC(C)(C)NC3(C)C)nc2)C(C)(C)N1. The van der Waals surface area contributed by atoms with Crippen molar-refractivity contribution in [1.29, 1.82) is 0 Å². The molecule has 24 heavy (non-hydrogen) atoms. The molecule has 0 amide bonds. The second-order valence-corrected chi connectivity index (χ2v) is 10.5. The first-order chi connectivity index (χ1) is 10.8. The van der Waals surface area contributed by atoms with Crippen LogP contribution < -0.4 is 10.6 Å². The lowest BCUT2D eigenvalue weighted by Gasteiger charge is -2.30. The maximum atomic E-state index is 4.91. The van der Waals surface area contributed by atoms with Crippen molar-refractivity contribution in [1.82, 2.24) is 15.6 Å². The lowest BCUT2D eigenvalue weighted by atomic mass is 9.81. The largest absolute Gasteiger partial charge is 0.306 e. The molecule has 2 aliphatic heterocycles. The molecule has 2 unspecified atom stereocenters. The summed E-state index contributed by atoms with van der Waals surface area (Å²) in [5.74, 6) is 0.980. The smallest absolute Gasteiger partial charge is 0.0453 e. The molecule has 3 heteroatoms. The first-order valence-electron chi connectivity index (χ1n) is 9.36. The third-order valence-electron chi connectivity index (χ3n) is 6.06. The highest BCUT2D eigenvalue weighted by Crippen LogP contribution is 2.44. The van der Waals surface area contributed by atoms with Crippen LogP contribution in [0.2, 0.25) is 0 Å². The van der Waals surface area contributed by atoms with Crippen molar-refractivity contribution in [2.45, 2.75) is 102 Å². The van der Waals surface area contributed by atoms with Crippen molar-refractivity contribution in [2.24, 2.45) is 0 Å². The summed E-state index contributed by atoms with van der Waals surface area (Å²) < 4.78 is 0. The fourth-order valence-corrected chi connectivity index (χ4v) is 5.39. The highest BCUT2D eigenvalue weighted by Gasteiger charge is 2.46. The van der Waals surface area contributed by atoms with Crippen LogP contribution >= 0.6 is 0 Å². The Morgan fingerprint density at radius 2 is 1.29 bits per heavy atom. The van der Waals surface area contributed by atoms with E-state index in [1.807, 2.05) is 0 Å². The van der Waals surface area contributed by atoms with Crippen LogP contribution in [-0.2, 0) is 0 Å². The molecule has 0 bridgehead atoms. The molecule has 2 atom stereocenters. The molecule has 0 aliphatic carbocycles. The summed E-state index contributed by atoms with van der Waals surface area (Å²) >= 11 is 0. The van der Waals surface area contributed by atoms with Gasteiger partial charge in [0, 0.05) is 45.9 Å². The van der Waals surface area contributed by atoms with E-state index < -0.39 is 0 Å². The second kappa shape index (κ2) is 5.28. The van der Waals surface area contributed by atoms with Crippen LogP contribution in [0.4, 0.5) is 0 Å². The third kappa shape index (κ3) is 3.25. The van der Waals surface area contributed by atoms with Gasteiger partial charge in [0.15, 0.2) is 0 Å². The fraction of sp³-hybridized carbons (Fsp3) is 0.762. The van der Waals surface area contributed by atoms with Crippen LogP contribution in [0.1, 0.15) is 91.3 Å². The summed E-state index contributed by atoms with van der Waals surface area (Å²) in [6, 6.07) is 4.59. The van der Waals surface area contributed by atoms with Gasteiger partial charge in [0.25, 0.3) is 0 Å². The molecule has 0 radical (unpaired) electrons. The highest BCUT2D eigenvalue weighted by atomic mass is 15.1. The molecule has 2 fully saturated rings. The Hall–Kier alpha value is -0.930. The predicted octanol–water partition coefficient (Wildman–Crippen LogP) is 4.35. The summed E-state index contributed by atoms with van der Waals surface area (Å²) in [5, 5.41) is 7.54. The average molecular weight is 330 g/mol. The van der Waals surface area contributed by atoms with Crippen molar-refractivity contribution in [3.8, 4) is 0 Å². The fourth-order valence-electron chi connectivity index (χ4n) is 5.39. The van der Waals surface area contributed by atoms with E-state index in [-0.39, 0.29) is 22.2 Å². The molecule has 2 saturated heterocycles. The average Bonchev–Trinajstić information content (AvgIpc) is 2.76. The van der Waals surface area contributed by atoms with Crippen LogP contribution in [-0.4, -0.2) is 27.1 Å². The van der Waals surface area contributed by atoms with Gasteiger partial charge in [-0.05, 0) is 79.9 Å². The molecule has 1 aromatic rings. The van der Waals surface area contributed by atoms with Gasteiger partial charge in [-0.2, -0.15) is 0 Å². The Morgan fingerprint density at radius 1 is 0.792 bits per heavy atom. The number of nitrogens with one attached hydrogen (secondary N) is 2. The Morgan fingerprint density at radius 3 is 1.67 bits per heavy atom. The molecule has 0 spiro atoms. The number of aromatic nitrogens is 1. The number of rotatable bonds is 2. The molecule has 2 aliphatic rings. The number of pyridine rings is 1. The lowest BCUT2D eigenvalue weighted by molar-refractivity contribution is 0.355. The Balaban J connectivity index is 1.85. The van der Waals surface area contributed by atoms with Crippen molar-refractivity contribution < 1.29 is 0 Å². The molecule has 2 N–H and O–H groups in total. The van der Waals surface area contributed by atoms with Crippen LogP contribution in [0.3, 0.4) is 0 Å². The monoisotopic (exact) mass is 329 g/mol. The molecular formula is C21H35N3. The van der Waals surface area contributed by atoms with E-state index in [0.29, 0.717) is 11.8 Å². The lowest BCUT2D eigenvalue weighted by Crippen LogP contribution is -2.44. The summed E-state index contributed by atoms with van der Waals surface area (Å²) in [6.07, 6.45) is 4.42. The van der Waals surface area contributed by atoms with Gasteiger partial charge in [-0.1, -0.05) is 6.07 Å². The first-order valence-corrected chi connectivity index (χ1v) is 9.36. The van der Waals surface area contributed by atoms with Crippen LogP contribution in [0.25, 0.3) is 0 Å². The molecule has 3 nitrogen and oxygen atoms in total. The summed E-state index contributed by atoms with van der Waals surface area (Å²) in [5.41, 5.74) is 3.16. The van der Waals surface area contributed by atoms with Crippen LogP contribution in [0.15, 0.2) is 18.3 Å². The van der Waals surface area contributed by atoms with E-state index >= 15 is 0 Å². The zero-order valence-electron chi connectivity index (χ0n) is 16.7. The number of hydrogen-bond donors (Lipinski definition) is 2. The Bertz CT molecular complexity index is 555. The van der Waals surface area contributed by atoms with E-state index in [4.69, 9.17) is 4.98 Å². The van der Waals surface area contributed by atoms with E-state index in [9.17, 15) is 0 Å². The van der Waals surface area contributed by atoms with Crippen molar-refractivity contribution >= 4 is 0 Å². The first kappa shape index (κ1) is 17.9. The molecule has 3 heterocycles. The van der Waals surface area contributed by atoms with E-state index in [1.165, 1.54) is 11.3 Å². The van der Waals surface area contributed by atoms with Crippen molar-refractivity contribution in [3.05, 3.63) is 29.6 Å². The zero-order valence-corrected chi connectivity index (χ0v) is 16.7. The van der Waals surface area contributed by atoms with Gasteiger partial charge in [-0.3, -0.25) is 4.98 Å². The minimum atomic E-state index is 0.0915. The summed E-state index contributed by atoms with van der Waals surface area (Å²) in [4.78, 5) is 4.91. The second-order valence-electron chi connectivity index (χ2n) is 10.5. The summed E-state index contributed by atoms with van der Waals surface area (Å²) in [6.45, 7) is 18.4. The van der Waals surface area contributed by atoms with Gasteiger partial charge >= 0.3 is 0 Å². The van der Waals surface area contributed by atoms with Gasteiger partial charge in [0.05, 0.1) is 0 Å². The molecule has 134 valence electrons. The van der Waals surface area contributed by atoms with Crippen molar-refractivity contribution in [2.75, 3.05) is 0 Å². The van der Waals surface area contributed by atoms with Gasteiger partial charge < -0.3 is 10.6 Å². The highest BCUT2D eigenvalue weighted by molar-refractivity contribution is 5.29. The minimum absolute atomic E-state index is 0.0915. The Labute approximate surface area is 148 Å². The zero-order chi connectivity index (χ0) is 18.0. The van der Waals surface area contributed by atoms with Crippen LogP contribution in [0.5, 0.6) is 0 Å². The van der Waals surface area contributed by atoms with Crippen molar-refractivity contribution in [3.63, 3.8) is 0 Å². The van der Waals surface area contributed by atoms with E-state index in [0.717, 1.165) is 12.8 Å². The van der Waals surface area contributed by atoms with Gasteiger partial charge in [-0.15, -0.1) is 0 Å². The molecule has 3 rings (SSSR count). The molecular weight excluding hydrogens is 294 g/mol. The standard InChI is InChI=1S/C21H35N3/c1-18(2)11-15(20(5,6)23-18)14-9-10-17(22-13-14)16-12-19(3,4)24-21(16,7)8/h9-10,13,15-16,23-24H,11-12H2,1-8H3. The van der Waals surface area contributed by atoms with E-state index in [1.54, 1.807) is 0 Å². The number of hydrogen-bond acceptors (Lipinski definition) is 3. The quantitative estimate of drug-likeness (QED) is 0.847. The Kier molecular flexibility index (Phi) is 3.93. The number of nitrogens with zero attached hydrogens (tertiary/aromatic N) is 1. The van der Waals surface area contributed by atoms with Gasteiger partial charge in [0.2, 0.25) is 0 Å². The third-order valence-corrected chi connectivity index (χ3v) is 6.06. The maximum Gasteiger partial charge on any atom is 0.0453 e. The predicted molar refractivity (Wildman–Crippen MR) is 102 cm³/mol. The normalized spacial score (nSPS) is 32.8. The van der Waals surface area contributed by atoms with Gasteiger partial charge in [0.1, 0.15) is 0 Å².